The summed E-state index contributed by atoms with van der Waals surface area (Å²) >= 11 is 6.34. The minimum Gasteiger partial charge on any atom is -0.489 e. The molecule has 0 saturated heterocycles. The van der Waals surface area contributed by atoms with Crippen LogP contribution in [0.3, 0.4) is 0 Å². The zero-order valence-corrected chi connectivity index (χ0v) is 13.5. The zero-order chi connectivity index (χ0) is 14.5. The van der Waals surface area contributed by atoms with Gasteiger partial charge < -0.3 is 10.1 Å². The van der Waals surface area contributed by atoms with Crippen LogP contribution < -0.4 is 10.1 Å². The summed E-state index contributed by atoms with van der Waals surface area (Å²) in [4.78, 5) is 0. The molecule has 1 aromatic rings. The Kier molecular flexibility index (Phi) is 5.74. The second-order valence-electron chi connectivity index (χ2n) is 6.30. The molecular weight excluding hydrogens is 270 g/mol. The molecule has 112 valence electrons. The van der Waals surface area contributed by atoms with Crippen molar-refractivity contribution in [2.24, 2.45) is 5.92 Å². The van der Waals surface area contributed by atoms with Crippen LogP contribution in [0, 0.1) is 5.92 Å². The molecule has 0 bridgehead atoms. The van der Waals surface area contributed by atoms with Crippen LogP contribution in [-0.4, -0.2) is 12.1 Å². The number of hydrogen-bond donors (Lipinski definition) is 1. The Hall–Kier alpha value is -0.730. The third kappa shape index (κ3) is 4.68. The van der Waals surface area contributed by atoms with Gasteiger partial charge >= 0.3 is 0 Å². The summed E-state index contributed by atoms with van der Waals surface area (Å²) < 4.78 is 6.06. The van der Waals surface area contributed by atoms with Crippen molar-refractivity contribution in [1.82, 2.24) is 5.32 Å². The highest BCUT2D eigenvalue weighted by Crippen LogP contribution is 2.31. The molecule has 20 heavy (non-hydrogen) atoms. The monoisotopic (exact) mass is 295 g/mol. The van der Waals surface area contributed by atoms with E-state index in [4.69, 9.17) is 16.3 Å². The standard InChI is InChI=1S/C17H26ClNO/c1-12(2)19-11-14-6-9-17(16(18)10-14)20-15-7-4-13(3)5-8-15/h6,9-10,12-13,15,19H,4-5,7-8,11H2,1-3H3. The molecule has 1 N–H and O–H groups in total. The minimum atomic E-state index is 0.336. The number of hydrogen-bond acceptors (Lipinski definition) is 2. The van der Waals surface area contributed by atoms with Crippen molar-refractivity contribution in [3.05, 3.63) is 28.8 Å². The predicted molar refractivity (Wildman–Crippen MR) is 85.5 cm³/mol. The second kappa shape index (κ2) is 7.33. The summed E-state index contributed by atoms with van der Waals surface area (Å²) in [6.07, 6.45) is 5.16. The Morgan fingerprint density at radius 2 is 1.95 bits per heavy atom. The van der Waals surface area contributed by atoms with Crippen molar-refractivity contribution in [1.29, 1.82) is 0 Å². The van der Waals surface area contributed by atoms with E-state index in [0.717, 1.165) is 36.1 Å². The number of nitrogens with one attached hydrogen (secondary N) is 1. The molecule has 0 atom stereocenters. The van der Waals surface area contributed by atoms with Gasteiger partial charge in [-0.15, -0.1) is 0 Å². The molecule has 0 radical (unpaired) electrons. The van der Waals surface area contributed by atoms with E-state index in [1.54, 1.807) is 0 Å². The van der Waals surface area contributed by atoms with Crippen molar-refractivity contribution in [2.45, 2.75) is 65.1 Å². The highest BCUT2D eigenvalue weighted by Gasteiger charge is 2.20. The van der Waals surface area contributed by atoms with E-state index in [1.165, 1.54) is 18.4 Å². The molecule has 0 heterocycles. The van der Waals surface area contributed by atoms with E-state index in [9.17, 15) is 0 Å². The fourth-order valence-electron chi connectivity index (χ4n) is 2.60. The summed E-state index contributed by atoms with van der Waals surface area (Å²) in [7, 11) is 0. The SMILES string of the molecule is CC1CCC(Oc2ccc(CNC(C)C)cc2Cl)CC1. The first-order valence-electron chi connectivity index (χ1n) is 7.73. The van der Waals surface area contributed by atoms with Crippen LogP contribution in [0.4, 0.5) is 0 Å². The number of halogens is 1. The summed E-state index contributed by atoms with van der Waals surface area (Å²) in [5.74, 6) is 1.68. The van der Waals surface area contributed by atoms with E-state index in [0.29, 0.717) is 12.1 Å². The molecule has 1 aliphatic rings. The molecule has 0 aromatic heterocycles. The molecule has 1 aromatic carbocycles. The molecule has 0 spiro atoms. The maximum absolute atomic E-state index is 6.34. The third-order valence-corrected chi connectivity index (χ3v) is 4.26. The highest BCUT2D eigenvalue weighted by atomic mass is 35.5. The quantitative estimate of drug-likeness (QED) is 0.843. The van der Waals surface area contributed by atoms with E-state index < -0.39 is 0 Å². The minimum absolute atomic E-state index is 0.336. The summed E-state index contributed by atoms with van der Waals surface area (Å²) in [6.45, 7) is 7.45. The van der Waals surface area contributed by atoms with Gasteiger partial charge in [0.2, 0.25) is 0 Å². The Morgan fingerprint density at radius 1 is 1.25 bits per heavy atom. The number of ether oxygens (including phenoxy) is 1. The summed E-state index contributed by atoms with van der Waals surface area (Å²) in [5, 5.41) is 4.12. The van der Waals surface area contributed by atoms with Gasteiger partial charge in [0.05, 0.1) is 11.1 Å². The van der Waals surface area contributed by atoms with Crippen LogP contribution in [0.1, 0.15) is 52.0 Å². The summed E-state index contributed by atoms with van der Waals surface area (Å²) in [6, 6.07) is 6.60. The lowest BCUT2D eigenvalue weighted by atomic mass is 9.89. The third-order valence-electron chi connectivity index (χ3n) is 3.97. The van der Waals surface area contributed by atoms with Crippen LogP contribution >= 0.6 is 11.6 Å². The fourth-order valence-corrected chi connectivity index (χ4v) is 2.85. The highest BCUT2D eigenvalue weighted by molar-refractivity contribution is 6.32. The number of benzene rings is 1. The van der Waals surface area contributed by atoms with Crippen molar-refractivity contribution < 1.29 is 4.74 Å². The van der Waals surface area contributed by atoms with Gasteiger partial charge in [-0.1, -0.05) is 38.4 Å². The van der Waals surface area contributed by atoms with Crippen molar-refractivity contribution in [3.8, 4) is 5.75 Å². The molecule has 1 fully saturated rings. The molecular formula is C17H26ClNO. The average molecular weight is 296 g/mol. The molecule has 0 unspecified atom stereocenters. The van der Waals surface area contributed by atoms with Crippen LogP contribution in [0.2, 0.25) is 5.02 Å². The predicted octanol–water partition coefficient (Wildman–Crippen LogP) is 4.80. The Bertz CT molecular complexity index is 425. The molecule has 2 rings (SSSR count). The van der Waals surface area contributed by atoms with E-state index in [1.807, 2.05) is 12.1 Å². The van der Waals surface area contributed by atoms with Gasteiger partial charge in [0.15, 0.2) is 0 Å². The van der Waals surface area contributed by atoms with Gasteiger partial charge in [-0.05, 0) is 49.3 Å². The van der Waals surface area contributed by atoms with Crippen molar-refractivity contribution in [3.63, 3.8) is 0 Å². The van der Waals surface area contributed by atoms with Crippen LogP contribution in [-0.2, 0) is 6.54 Å². The second-order valence-corrected chi connectivity index (χ2v) is 6.71. The van der Waals surface area contributed by atoms with Crippen LogP contribution in [0.25, 0.3) is 0 Å². The van der Waals surface area contributed by atoms with Crippen molar-refractivity contribution >= 4 is 11.6 Å². The van der Waals surface area contributed by atoms with Crippen LogP contribution in [0.5, 0.6) is 5.75 Å². The maximum atomic E-state index is 6.34. The molecule has 1 saturated carbocycles. The van der Waals surface area contributed by atoms with Gasteiger partial charge in [0.1, 0.15) is 5.75 Å². The lowest BCUT2D eigenvalue weighted by molar-refractivity contribution is 0.135. The van der Waals surface area contributed by atoms with Gasteiger partial charge in [-0.2, -0.15) is 0 Å². The average Bonchev–Trinajstić information content (AvgIpc) is 2.41. The smallest absolute Gasteiger partial charge is 0.138 e. The lowest BCUT2D eigenvalue weighted by Crippen LogP contribution is -2.23. The van der Waals surface area contributed by atoms with E-state index in [2.05, 4.69) is 32.2 Å². The molecule has 0 aliphatic heterocycles. The first-order valence-corrected chi connectivity index (χ1v) is 8.11. The van der Waals surface area contributed by atoms with Crippen LogP contribution in [0.15, 0.2) is 18.2 Å². The fraction of sp³-hybridized carbons (Fsp3) is 0.647. The van der Waals surface area contributed by atoms with E-state index in [-0.39, 0.29) is 0 Å². The first kappa shape index (κ1) is 15.7. The van der Waals surface area contributed by atoms with E-state index >= 15 is 0 Å². The Balaban J connectivity index is 1.92. The Morgan fingerprint density at radius 3 is 2.55 bits per heavy atom. The topological polar surface area (TPSA) is 21.3 Å². The number of rotatable bonds is 5. The summed E-state index contributed by atoms with van der Waals surface area (Å²) in [5.41, 5.74) is 1.20. The largest absolute Gasteiger partial charge is 0.489 e. The molecule has 3 heteroatoms. The normalized spacial score (nSPS) is 23.1. The van der Waals surface area contributed by atoms with Crippen molar-refractivity contribution in [2.75, 3.05) is 0 Å². The molecule has 0 amide bonds. The van der Waals surface area contributed by atoms with Gasteiger partial charge in [0, 0.05) is 12.6 Å². The molecule has 2 nitrogen and oxygen atoms in total. The Labute approximate surface area is 127 Å². The van der Waals surface area contributed by atoms with Gasteiger partial charge in [0.25, 0.3) is 0 Å². The lowest BCUT2D eigenvalue weighted by Gasteiger charge is -2.27. The van der Waals surface area contributed by atoms with Gasteiger partial charge in [-0.25, -0.2) is 0 Å². The maximum Gasteiger partial charge on any atom is 0.138 e. The van der Waals surface area contributed by atoms with Gasteiger partial charge in [-0.3, -0.25) is 0 Å². The zero-order valence-electron chi connectivity index (χ0n) is 12.8. The first-order chi connectivity index (χ1) is 9.54. The molecule has 1 aliphatic carbocycles.